The van der Waals surface area contributed by atoms with E-state index in [1.807, 2.05) is 12.1 Å². The van der Waals surface area contributed by atoms with Gasteiger partial charge in [0, 0.05) is 30.9 Å². The zero-order valence-corrected chi connectivity index (χ0v) is 20.7. The van der Waals surface area contributed by atoms with Crippen LogP contribution in [0.25, 0.3) is 27.9 Å². The van der Waals surface area contributed by atoms with E-state index < -0.39 is 0 Å². The molecular weight excluding hydrogens is 468 g/mol. The van der Waals surface area contributed by atoms with Crippen molar-refractivity contribution in [2.24, 2.45) is 0 Å². The molecule has 0 amide bonds. The number of aliphatic hydroxyl groups excluding tert-OH is 1. The van der Waals surface area contributed by atoms with Gasteiger partial charge in [0.15, 0.2) is 11.5 Å². The summed E-state index contributed by atoms with van der Waals surface area (Å²) in [6.07, 6.45) is 8.35. The van der Waals surface area contributed by atoms with E-state index in [1.54, 1.807) is 33.6 Å². The second-order valence-corrected chi connectivity index (χ2v) is 10.0. The first-order valence-corrected chi connectivity index (χ1v) is 13.1. The molecule has 190 valence electrons. The average molecular weight is 499 g/mol. The predicted molar refractivity (Wildman–Crippen MR) is 140 cm³/mol. The molecule has 2 aliphatic rings. The number of rotatable bonds is 6. The molecule has 2 N–H and O–H groups in total. The molecule has 10 nitrogen and oxygen atoms in total. The van der Waals surface area contributed by atoms with Gasteiger partial charge in [-0.1, -0.05) is 0 Å². The summed E-state index contributed by atoms with van der Waals surface area (Å²) in [6.45, 7) is 3.75. The fraction of sp³-hybridized carbons (Fsp3) is 0.444. The smallest absolute Gasteiger partial charge is 0.295 e. The monoisotopic (exact) mass is 498 g/mol. The van der Waals surface area contributed by atoms with Crippen LogP contribution in [-0.4, -0.2) is 66.4 Å². The molecule has 4 aromatic heterocycles. The Morgan fingerprint density at radius 3 is 2.70 bits per heavy atom. The lowest BCUT2D eigenvalue weighted by Gasteiger charge is -2.28. The van der Waals surface area contributed by atoms with Gasteiger partial charge in [0.1, 0.15) is 5.52 Å². The fourth-order valence-electron chi connectivity index (χ4n) is 5.59. The van der Waals surface area contributed by atoms with Gasteiger partial charge >= 0.3 is 0 Å². The number of hydrogen-bond donors (Lipinski definition) is 2. The Labute approximate surface area is 214 Å². The largest absolute Gasteiger partial charge is 0.393 e. The summed E-state index contributed by atoms with van der Waals surface area (Å²) in [5, 5.41) is 27.1. The van der Waals surface area contributed by atoms with Crippen molar-refractivity contribution in [1.82, 2.24) is 29.0 Å². The highest BCUT2D eigenvalue weighted by Crippen LogP contribution is 2.31. The van der Waals surface area contributed by atoms with Crippen LogP contribution in [0.5, 0.6) is 0 Å². The minimum atomic E-state index is -0.324. The van der Waals surface area contributed by atoms with Crippen molar-refractivity contribution >= 4 is 22.5 Å². The fourth-order valence-corrected chi connectivity index (χ4v) is 5.59. The van der Waals surface area contributed by atoms with Crippen LogP contribution in [0.15, 0.2) is 41.5 Å². The zero-order valence-electron chi connectivity index (χ0n) is 20.7. The summed E-state index contributed by atoms with van der Waals surface area (Å²) in [4.78, 5) is 25.8. The van der Waals surface area contributed by atoms with Gasteiger partial charge in [-0.3, -0.25) is 9.36 Å². The molecule has 37 heavy (non-hydrogen) atoms. The molecular formula is C27H30N8O2. The maximum atomic E-state index is 13.8. The number of nitriles is 1. The summed E-state index contributed by atoms with van der Waals surface area (Å²) in [7, 11) is 0. The number of hydrogen-bond acceptors (Lipinski definition) is 8. The zero-order chi connectivity index (χ0) is 25.4. The first kappa shape index (κ1) is 23.6. The molecule has 0 spiro atoms. The average Bonchev–Trinajstić information content (AvgIpc) is 3.59. The topological polar surface area (TPSA) is 124 Å². The van der Waals surface area contributed by atoms with Gasteiger partial charge in [0.25, 0.3) is 5.56 Å². The molecule has 0 atom stereocenters. The predicted octanol–water partition coefficient (Wildman–Crippen LogP) is 2.96. The van der Waals surface area contributed by atoms with Gasteiger partial charge in [-0.15, -0.1) is 0 Å². The lowest BCUT2D eigenvalue weighted by Crippen LogP contribution is -2.34. The highest BCUT2D eigenvalue weighted by Gasteiger charge is 2.26. The Kier molecular flexibility index (Phi) is 6.32. The van der Waals surface area contributed by atoms with Gasteiger partial charge in [-0.25, -0.2) is 14.5 Å². The van der Waals surface area contributed by atoms with Gasteiger partial charge in [0.2, 0.25) is 0 Å². The van der Waals surface area contributed by atoms with Crippen LogP contribution in [0.4, 0.5) is 5.82 Å². The summed E-state index contributed by atoms with van der Waals surface area (Å²) in [5.74, 6) is 0.349. The molecule has 10 heteroatoms. The minimum Gasteiger partial charge on any atom is -0.393 e. The van der Waals surface area contributed by atoms with Gasteiger partial charge in [-0.2, -0.15) is 10.4 Å². The standard InChI is InChI=1S/C27H30N8O2/c28-16-18-9-13-34-24(15-18)21(17-30-34)22-7-8-23-26(32-22)35(19-3-5-20(36)6-4-19)27(37)25(31-23)29-10-14-33-11-1-2-12-33/h7-9,13,15,17,19-20,36H,1-6,10-12,14H2,(H,29,31). The highest BCUT2D eigenvalue weighted by atomic mass is 16.3. The first-order chi connectivity index (χ1) is 18.1. The summed E-state index contributed by atoms with van der Waals surface area (Å²) in [5.41, 5.74) is 3.76. The SMILES string of the molecule is N#Cc1ccn2ncc(-c3ccc4nc(NCCN5CCCC5)c(=O)n(C5CCC(O)CC5)c4n3)c2c1. The minimum absolute atomic E-state index is 0.0580. The van der Waals surface area contributed by atoms with Crippen LogP contribution in [0.1, 0.15) is 50.1 Å². The van der Waals surface area contributed by atoms with Crippen LogP contribution in [0, 0.1) is 11.3 Å². The van der Waals surface area contributed by atoms with E-state index in [-0.39, 0.29) is 17.7 Å². The van der Waals surface area contributed by atoms with Crippen molar-refractivity contribution in [2.45, 2.75) is 50.7 Å². The second-order valence-electron chi connectivity index (χ2n) is 10.0. The Morgan fingerprint density at radius 2 is 1.92 bits per heavy atom. The number of fused-ring (bicyclic) bond motifs is 2. The molecule has 0 radical (unpaired) electrons. The third-order valence-corrected chi connectivity index (χ3v) is 7.61. The van der Waals surface area contributed by atoms with Crippen molar-refractivity contribution < 1.29 is 5.11 Å². The van der Waals surface area contributed by atoms with E-state index >= 15 is 0 Å². The van der Waals surface area contributed by atoms with Gasteiger partial charge < -0.3 is 15.3 Å². The Bertz CT molecular complexity index is 1540. The molecule has 2 fully saturated rings. The molecule has 0 aromatic carbocycles. The third kappa shape index (κ3) is 4.56. The number of nitrogens with one attached hydrogen (secondary N) is 1. The number of aromatic nitrogens is 5. The molecule has 4 aromatic rings. The number of aliphatic hydroxyl groups is 1. The van der Waals surface area contributed by atoms with Crippen LogP contribution in [0.2, 0.25) is 0 Å². The van der Waals surface area contributed by atoms with Crippen LogP contribution >= 0.6 is 0 Å². The lowest BCUT2D eigenvalue weighted by molar-refractivity contribution is 0.111. The quantitative estimate of drug-likeness (QED) is 0.416. The highest BCUT2D eigenvalue weighted by molar-refractivity contribution is 5.83. The van der Waals surface area contributed by atoms with E-state index in [9.17, 15) is 15.2 Å². The van der Waals surface area contributed by atoms with Crippen molar-refractivity contribution in [2.75, 3.05) is 31.5 Å². The van der Waals surface area contributed by atoms with E-state index in [0.717, 1.165) is 30.7 Å². The van der Waals surface area contributed by atoms with E-state index in [2.05, 4.69) is 26.4 Å². The molecule has 0 bridgehead atoms. The Hall–Kier alpha value is -3.81. The van der Waals surface area contributed by atoms with E-state index in [4.69, 9.17) is 4.98 Å². The van der Waals surface area contributed by atoms with E-state index in [1.165, 1.54) is 12.8 Å². The first-order valence-electron chi connectivity index (χ1n) is 13.1. The molecule has 1 saturated heterocycles. The molecule has 1 aliphatic carbocycles. The normalized spacial score (nSPS) is 20.4. The van der Waals surface area contributed by atoms with Crippen molar-refractivity contribution in [1.29, 1.82) is 5.26 Å². The lowest BCUT2D eigenvalue weighted by atomic mass is 9.93. The third-order valence-electron chi connectivity index (χ3n) is 7.61. The summed E-state index contributed by atoms with van der Waals surface area (Å²) in [6, 6.07) is 9.41. The number of likely N-dealkylation sites (tertiary alicyclic amines) is 1. The van der Waals surface area contributed by atoms with Crippen LogP contribution in [0.3, 0.4) is 0 Å². The summed E-state index contributed by atoms with van der Waals surface area (Å²) < 4.78 is 3.49. The maximum Gasteiger partial charge on any atom is 0.295 e. The summed E-state index contributed by atoms with van der Waals surface area (Å²) >= 11 is 0. The Morgan fingerprint density at radius 1 is 1.11 bits per heavy atom. The van der Waals surface area contributed by atoms with Crippen molar-refractivity contribution in [3.8, 4) is 17.3 Å². The Balaban J connectivity index is 1.42. The second kappa shape index (κ2) is 9.92. The molecule has 5 heterocycles. The maximum absolute atomic E-state index is 13.8. The van der Waals surface area contributed by atoms with Crippen LogP contribution in [-0.2, 0) is 0 Å². The van der Waals surface area contributed by atoms with Gasteiger partial charge in [0.05, 0.1) is 35.1 Å². The number of pyridine rings is 2. The molecule has 1 saturated carbocycles. The van der Waals surface area contributed by atoms with Crippen LogP contribution < -0.4 is 10.9 Å². The van der Waals surface area contributed by atoms with E-state index in [0.29, 0.717) is 60.5 Å². The van der Waals surface area contributed by atoms with Crippen molar-refractivity contribution in [3.63, 3.8) is 0 Å². The molecule has 0 unspecified atom stereocenters. The number of anilines is 1. The number of nitrogens with zero attached hydrogens (tertiary/aromatic N) is 7. The molecule has 1 aliphatic heterocycles. The van der Waals surface area contributed by atoms with Gasteiger partial charge in [-0.05, 0) is 75.9 Å². The molecule has 6 rings (SSSR count). The van der Waals surface area contributed by atoms with Crippen molar-refractivity contribution in [3.05, 3.63) is 52.6 Å².